The fourth-order valence-electron chi connectivity index (χ4n) is 1.68. The Bertz CT molecular complexity index is 318. The van der Waals surface area contributed by atoms with Crippen LogP contribution in [0.15, 0.2) is 24.3 Å². The lowest BCUT2D eigenvalue weighted by molar-refractivity contribution is 0.202. The van der Waals surface area contributed by atoms with Crippen molar-refractivity contribution in [3.8, 4) is 0 Å². The number of methoxy groups -OCH3 is 1. The van der Waals surface area contributed by atoms with Crippen molar-refractivity contribution in [3.63, 3.8) is 0 Å². The highest BCUT2D eigenvalue weighted by atomic mass is 16.5. The Hall–Kier alpha value is -0.860. The van der Waals surface area contributed by atoms with E-state index in [1.54, 1.807) is 7.11 Å². The summed E-state index contributed by atoms with van der Waals surface area (Å²) >= 11 is 0. The van der Waals surface area contributed by atoms with E-state index in [1.165, 1.54) is 11.1 Å². The van der Waals surface area contributed by atoms with E-state index in [0.717, 1.165) is 25.9 Å². The third-order valence-electron chi connectivity index (χ3n) is 2.89. The van der Waals surface area contributed by atoms with E-state index in [-0.39, 0.29) is 5.54 Å². The van der Waals surface area contributed by atoms with Gasteiger partial charge in [0.2, 0.25) is 0 Å². The van der Waals surface area contributed by atoms with Crippen LogP contribution in [0.3, 0.4) is 0 Å². The third kappa shape index (κ3) is 1.97. The summed E-state index contributed by atoms with van der Waals surface area (Å²) in [6.07, 6.45) is 3.22. The molecule has 0 bridgehead atoms. The van der Waals surface area contributed by atoms with Gasteiger partial charge in [0, 0.05) is 12.6 Å². The van der Waals surface area contributed by atoms with Gasteiger partial charge in [0.05, 0.1) is 6.61 Å². The van der Waals surface area contributed by atoms with Crippen LogP contribution in [-0.2, 0) is 16.7 Å². The monoisotopic (exact) mass is 191 g/mol. The van der Waals surface area contributed by atoms with Crippen LogP contribution < -0.4 is 5.73 Å². The van der Waals surface area contributed by atoms with Gasteiger partial charge in [0.25, 0.3) is 0 Å². The van der Waals surface area contributed by atoms with E-state index in [4.69, 9.17) is 10.5 Å². The molecule has 1 aromatic rings. The lowest BCUT2D eigenvalue weighted by atomic mass is 10.0. The maximum absolute atomic E-state index is 6.13. The summed E-state index contributed by atoms with van der Waals surface area (Å²) in [7, 11) is 1.73. The maximum atomic E-state index is 6.13. The van der Waals surface area contributed by atoms with E-state index in [0.29, 0.717) is 0 Å². The van der Waals surface area contributed by atoms with E-state index in [1.807, 2.05) is 0 Å². The predicted octanol–water partition coefficient (Wildman–Crippen LogP) is 1.82. The number of nitrogens with two attached hydrogens (primary N) is 1. The predicted molar refractivity (Wildman–Crippen MR) is 57.1 cm³/mol. The van der Waals surface area contributed by atoms with Gasteiger partial charge in [-0.15, -0.1) is 0 Å². The first-order chi connectivity index (χ1) is 6.74. The van der Waals surface area contributed by atoms with Gasteiger partial charge in [-0.05, 0) is 30.4 Å². The van der Waals surface area contributed by atoms with Crippen molar-refractivity contribution in [3.05, 3.63) is 35.4 Å². The summed E-state index contributed by atoms with van der Waals surface area (Å²) in [4.78, 5) is 0. The second-order valence-electron chi connectivity index (χ2n) is 4.10. The van der Waals surface area contributed by atoms with Crippen LogP contribution in [-0.4, -0.2) is 13.7 Å². The Labute approximate surface area is 85.1 Å². The molecule has 2 N–H and O–H groups in total. The summed E-state index contributed by atoms with van der Waals surface area (Å²) in [6, 6.07) is 8.57. The SMILES string of the molecule is COCCc1cccc(C2(N)CC2)c1. The summed E-state index contributed by atoms with van der Waals surface area (Å²) in [5.41, 5.74) is 8.73. The molecular weight excluding hydrogens is 174 g/mol. The number of ether oxygens (including phenoxy) is 1. The van der Waals surface area contributed by atoms with Gasteiger partial charge in [-0.3, -0.25) is 0 Å². The molecule has 0 amide bonds. The molecule has 2 rings (SSSR count). The van der Waals surface area contributed by atoms with Gasteiger partial charge in [-0.25, -0.2) is 0 Å². The van der Waals surface area contributed by atoms with Crippen molar-refractivity contribution in [2.45, 2.75) is 24.8 Å². The molecule has 2 nitrogen and oxygen atoms in total. The van der Waals surface area contributed by atoms with E-state index in [9.17, 15) is 0 Å². The molecule has 1 saturated carbocycles. The highest BCUT2D eigenvalue weighted by molar-refractivity contribution is 5.33. The molecule has 2 heteroatoms. The topological polar surface area (TPSA) is 35.2 Å². The van der Waals surface area contributed by atoms with Crippen LogP contribution in [0.4, 0.5) is 0 Å². The van der Waals surface area contributed by atoms with Crippen LogP contribution >= 0.6 is 0 Å². The Morgan fingerprint density at radius 3 is 2.86 bits per heavy atom. The molecule has 1 aliphatic rings. The minimum atomic E-state index is -0.0108. The smallest absolute Gasteiger partial charge is 0.0502 e. The Balaban J connectivity index is 2.11. The van der Waals surface area contributed by atoms with Crippen molar-refractivity contribution in [1.82, 2.24) is 0 Å². The molecule has 0 spiro atoms. The summed E-state index contributed by atoms with van der Waals surface area (Å²) in [6.45, 7) is 0.779. The average Bonchev–Trinajstić information content (AvgIpc) is 2.95. The average molecular weight is 191 g/mol. The fraction of sp³-hybridized carbons (Fsp3) is 0.500. The van der Waals surface area contributed by atoms with E-state index < -0.39 is 0 Å². The molecule has 0 aromatic heterocycles. The standard InChI is InChI=1S/C12H17NO/c1-14-8-5-10-3-2-4-11(9-10)12(13)6-7-12/h2-4,9H,5-8,13H2,1H3. The van der Waals surface area contributed by atoms with Gasteiger partial charge in [0.15, 0.2) is 0 Å². The van der Waals surface area contributed by atoms with Crippen LogP contribution in [0.1, 0.15) is 24.0 Å². The molecule has 0 heterocycles. The summed E-state index contributed by atoms with van der Waals surface area (Å²) in [5.74, 6) is 0. The second kappa shape index (κ2) is 3.71. The summed E-state index contributed by atoms with van der Waals surface area (Å²) in [5, 5.41) is 0. The van der Waals surface area contributed by atoms with Crippen LogP contribution in [0.5, 0.6) is 0 Å². The Morgan fingerprint density at radius 2 is 2.21 bits per heavy atom. The lowest BCUT2D eigenvalue weighted by Gasteiger charge is -2.10. The first-order valence-electron chi connectivity index (χ1n) is 5.12. The Kier molecular flexibility index (Phi) is 2.57. The molecule has 0 aliphatic heterocycles. The van der Waals surface area contributed by atoms with Crippen molar-refractivity contribution in [2.24, 2.45) is 5.73 Å². The highest BCUT2D eigenvalue weighted by Crippen LogP contribution is 2.42. The lowest BCUT2D eigenvalue weighted by Crippen LogP contribution is -2.18. The van der Waals surface area contributed by atoms with Crippen molar-refractivity contribution in [1.29, 1.82) is 0 Å². The van der Waals surface area contributed by atoms with E-state index in [2.05, 4.69) is 24.3 Å². The fourth-order valence-corrected chi connectivity index (χ4v) is 1.68. The molecule has 76 valence electrons. The van der Waals surface area contributed by atoms with Gasteiger partial charge in [-0.2, -0.15) is 0 Å². The first-order valence-corrected chi connectivity index (χ1v) is 5.12. The molecule has 1 fully saturated rings. The Morgan fingerprint density at radius 1 is 1.43 bits per heavy atom. The quantitative estimate of drug-likeness (QED) is 0.788. The van der Waals surface area contributed by atoms with E-state index >= 15 is 0 Å². The molecule has 1 aliphatic carbocycles. The van der Waals surface area contributed by atoms with Gasteiger partial charge < -0.3 is 10.5 Å². The van der Waals surface area contributed by atoms with Gasteiger partial charge in [0.1, 0.15) is 0 Å². The summed E-state index contributed by atoms with van der Waals surface area (Å²) < 4.78 is 5.06. The van der Waals surface area contributed by atoms with Gasteiger partial charge >= 0.3 is 0 Å². The molecule has 14 heavy (non-hydrogen) atoms. The maximum Gasteiger partial charge on any atom is 0.0502 e. The van der Waals surface area contributed by atoms with Crippen molar-refractivity contribution >= 4 is 0 Å². The van der Waals surface area contributed by atoms with Crippen LogP contribution in [0.2, 0.25) is 0 Å². The zero-order chi connectivity index (χ0) is 10.0. The number of hydrogen-bond donors (Lipinski definition) is 1. The minimum absolute atomic E-state index is 0.0108. The molecule has 0 unspecified atom stereocenters. The highest BCUT2D eigenvalue weighted by Gasteiger charge is 2.39. The normalized spacial score (nSPS) is 18.1. The van der Waals surface area contributed by atoms with Crippen LogP contribution in [0.25, 0.3) is 0 Å². The first kappa shape index (κ1) is 9.69. The molecule has 0 radical (unpaired) electrons. The van der Waals surface area contributed by atoms with Crippen molar-refractivity contribution < 1.29 is 4.74 Å². The molecule has 0 atom stereocenters. The molecule has 0 saturated heterocycles. The zero-order valence-electron chi connectivity index (χ0n) is 8.62. The van der Waals surface area contributed by atoms with Crippen molar-refractivity contribution in [2.75, 3.05) is 13.7 Å². The third-order valence-corrected chi connectivity index (χ3v) is 2.89. The second-order valence-corrected chi connectivity index (χ2v) is 4.10. The zero-order valence-corrected chi connectivity index (χ0v) is 8.62. The number of benzene rings is 1. The van der Waals surface area contributed by atoms with Crippen LogP contribution in [0, 0.1) is 0 Å². The minimum Gasteiger partial charge on any atom is -0.384 e. The number of hydrogen-bond acceptors (Lipinski definition) is 2. The molecular formula is C12H17NO. The largest absolute Gasteiger partial charge is 0.384 e. The molecule has 1 aromatic carbocycles. The number of rotatable bonds is 4. The van der Waals surface area contributed by atoms with Gasteiger partial charge in [-0.1, -0.05) is 24.3 Å².